The summed E-state index contributed by atoms with van der Waals surface area (Å²) in [4.78, 5) is 16.3. The molecule has 0 saturated carbocycles. The van der Waals surface area contributed by atoms with E-state index in [1.54, 1.807) is 30.3 Å². The van der Waals surface area contributed by atoms with Crippen LogP contribution in [-0.4, -0.2) is 42.1 Å². The fourth-order valence-electron chi connectivity index (χ4n) is 3.33. The number of benzene rings is 1. The van der Waals surface area contributed by atoms with Crippen LogP contribution in [-0.2, 0) is 6.18 Å². The second kappa shape index (κ2) is 7.20. The Morgan fingerprint density at radius 3 is 2.43 bits per heavy atom. The van der Waals surface area contributed by atoms with E-state index < -0.39 is 11.9 Å². The Morgan fingerprint density at radius 2 is 1.79 bits per heavy atom. The van der Waals surface area contributed by atoms with Crippen LogP contribution in [0.1, 0.15) is 29.5 Å². The molecule has 5 nitrogen and oxygen atoms in total. The number of hydrogen-bond donors (Lipinski definition) is 0. The maximum atomic E-state index is 13.2. The monoisotopic (exact) mass is 407 g/mol. The topological polar surface area (TPSA) is 45.2 Å². The number of para-hydroxylation sites is 1. The van der Waals surface area contributed by atoms with Crippen molar-refractivity contribution in [1.29, 1.82) is 0 Å². The van der Waals surface area contributed by atoms with Crippen LogP contribution in [0.2, 0.25) is 0 Å². The van der Waals surface area contributed by atoms with Crippen molar-refractivity contribution >= 4 is 33.3 Å². The summed E-state index contributed by atoms with van der Waals surface area (Å²) in [7, 11) is 3.34. The minimum atomic E-state index is -4.50. The van der Waals surface area contributed by atoms with Crippen molar-refractivity contribution < 1.29 is 13.2 Å². The first-order valence-electron chi connectivity index (χ1n) is 9.05. The van der Waals surface area contributed by atoms with Gasteiger partial charge in [0.05, 0.1) is 15.2 Å². The minimum absolute atomic E-state index is 0.140. The van der Waals surface area contributed by atoms with Crippen LogP contribution in [0.4, 0.5) is 24.9 Å². The number of aromatic nitrogens is 3. The van der Waals surface area contributed by atoms with Gasteiger partial charge in [-0.2, -0.15) is 18.2 Å². The van der Waals surface area contributed by atoms with Gasteiger partial charge in [-0.15, -0.1) is 11.3 Å². The number of thiazole rings is 1. The average Bonchev–Trinajstić information content (AvgIpc) is 3.11. The van der Waals surface area contributed by atoms with Gasteiger partial charge in [0.25, 0.3) is 0 Å². The molecule has 1 saturated heterocycles. The first kappa shape index (κ1) is 18.9. The summed E-state index contributed by atoms with van der Waals surface area (Å²) < 4.78 is 40.9. The zero-order chi connectivity index (χ0) is 19.9. The quantitative estimate of drug-likeness (QED) is 0.637. The zero-order valence-electron chi connectivity index (χ0n) is 15.6. The Labute approximate surface area is 164 Å². The number of rotatable bonds is 3. The normalized spacial score (nSPS) is 16.0. The number of hydrogen-bond acceptors (Lipinski definition) is 6. The second-order valence-corrected chi connectivity index (χ2v) is 8.15. The Balaban J connectivity index is 1.53. The van der Waals surface area contributed by atoms with Gasteiger partial charge < -0.3 is 9.80 Å². The number of alkyl halides is 3. The third-order valence-corrected chi connectivity index (χ3v) is 6.09. The van der Waals surface area contributed by atoms with Crippen LogP contribution in [0.15, 0.2) is 30.3 Å². The molecule has 4 rings (SSSR count). The van der Waals surface area contributed by atoms with Gasteiger partial charge >= 0.3 is 6.18 Å². The summed E-state index contributed by atoms with van der Waals surface area (Å²) >= 11 is 1.70. The maximum absolute atomic E-state index is 13.2. The van der Waals surface area contributed by atoms with Crippen LogP contribution >= 0.6 is 11.3 Å². The van der Waals surface area contributed by atoms with E-state index in [-0.39, 0.29) is 11.8 Å². The highest BCUT2D eigenvalue weighted by Crippen LogP contribution is 2.36. The molecular formula is C19H20F3N5S. The first-order valence-corrected chi connectivity index (χ1v) is 9.87. The Morgan fingerprint density at radius 1 is 1.07 bits per heavy atom. The fourth-order valence-corrected chi connectivity index (χ4v) is 4.47. The van der Waals surface area contributed by atoms with Gasteiger partial charge in [0, 0.05) is 39.2 Å². The third-order valence-electron chi connectivity index (χ3n) is 4.89. The molecule has 1 aromatic carbocycles. The van der Waals surface area contributed by atoms with E-state index in [1.807, 2.05) is 23.1 Å². The van der Waals surface area contributed by atoms with Crippen LogP contribution in [0.5, 0.6) is 0 Å². The number of halogens is 3. The molecule has 148 valence electrons. The molecule has 3 heterocycles. The molecule has 1 fully saturated rings. The zero-order valence-corrected chi connectivity index (χ0v) is 16.4. The van der Waals surface area contributed by atoms with Gasteiger partial charge in [-0.05, 0) is 25.0 Å². The standard InChI is InChI=1S/C19H20F3N5S/c1-26(2)16-11-15(19(20,21)22)24-18(25-16)27-9-7-12(8-10-27)17-23-13-5-3-4-6-14(13)28-17/h3-6,11-12H,7-10H2,1-2H3. The highest BCUT2D eigenvalue weighted by atomic mass is 32.1. The molecule has 0 N–H and O–H groups in total. The van der Waals surface area contributed by atoms with Crippen molar-refractivity contribution in [3.05, 3.63) is 41.0 Å². The largest absolute Gasteiger partial charge is 0.433 e. The lowest BCUT2D eigenvalue weighted by Crippen LogP contribution is -2.35. The number of fused-ring (bicyclic) bond motifs is 1. The van der Waals surface area contributed by atoms with Gasteiger partial charge in [-0.3, -0.25) is 0 Å². The molecule has 0 unspecified atom stereocenters. The molecule has 9 heteroatoms. The highest BCUT2D eigenvalue weighted by Gasteiger charge is 2.35. The third kappa shape index (κ3) is 3.76. The molecule has 0 bridgehead atoms. The van der Waals surface area contributed by atoms with Crippen molar-refractivity contribution in [2.45, 2.75) is 24.9 Å². The summed E-state index contributed by atoms with van der Waals surface area (Å²) in [6.07, 6.45) is -2.87. The second-order valence-electron chi connectivity index (χ2n) is 7.08. The lowest BCUT2D eigenvalue weighted by atomic mass is 9.98. The first-order chi connectivity index (χ1) is 13.3. The van der Waals surface area contributed by atoms with Gasteiger partial charge in [-0.1, -0.05) is 12.1 Å². The van der Waals surface area contributed by atoms with Crippen molar-refractivity contribution in [2.24, 2.45) is 0 Å². The molecule has 0 radical (unpaired) electrons. The molecular weight excluding hydrogens is 387 g/mol. The smallest absolute Gasteiger partial charge is 0.363 e. The van der Waals surface area contributed by atoms with Crippen molar-refractivity contribution in [3.8, 4) is 0 Å². The molecule has 28 heavy (non-hydrogen) atoms. The van der Waals surface area contributed by atoms with Gasteiger partial charge in [0.15, 0.2) is 5.69 Å². The Bertz CT molecular complexity index is 944. The average molecular weight is 407 g/mol. The fraction of sp³-hybridized carbons (Fsp3) is 0.421. The highest BCUT2D eigenvalue weighted by molar-refractivity contribution is 7.18. The van der Waals surface area contributed by atoms with Crippen LogP contribution in [0.3, 0.4) is 0 Å². The molecule has 0 amide bonds. The Hall–Kier alpha value is -2.42. The molecule has 2 aromatic heterocycles. The number of nitrogens with zero attached hydrogens (tertiary/aromatic N) is 5. The van der Waals surface area contributed by atoms with E-state index in [1.165, 1.54) is 0 Å². The van der Waals surface area contributed by atoms with Gasteiger partial charge in [-0.25, -0.2) is 9.97 Å². The number of piperidine rings is 1. The lowest BCUT2D eigenvalue weighted by molar-refractivity contribution is -0.141. The van der Waals surface area contributed by atoms with E-state index in [9.17, 15) is 13.2 Å². The van der Waals surface area contributed by atoms with E-state index in [0.717, 1.165) is 34.1 Å². The summed E-state index contributed by atoms with van der Waals surface area (Å²) in [5, 5.41) is 1.10. The predicted octanol–water partition coefficient (Wildman–Crippen LogP) is 4.56. The molecule has 3 aromatic rings. The van der Waals surface area contributed by atoms with Crippen molar-refractivity contribution in [1.82, 2.24) is 15.0 Å². The lowest BCUT2D eigenvalue weighted by Gasteiger charge is -2.31. The summed E-state index contributed by atoms with van der Waals surface area (Å²) in [5.74, 6) is 0.708. The summed E-state index contributed by atoms with van der Waals surface area (Å²) in [6, 6.07) is 9.02. The van der Waals surface area contributed by atoms with E-state index >= 15 is 0 Å². The predicted molar refractivity (Wildman–Crippen MR) is 105 cm³/mol. The van der Waals surface area contributed by atoms with Crippen LogP contribution in [0, 0.1) is 0 Å². The van der Waals surface area contributed by atoms with E-state index in [4.69, 9.17) is 4.98 Å². The molecule has 1 aliphatic heterocycles. The summed E-state index contributed by atoms with van der Waals surface area (Å²) in [5.41, 5.74) is 0.0938. The Kier molecular flexibility index (Phi) is 4.86. The minimum Gasteiger partial charge on any atom is -0.363 e. The van der Waals surface area contributed by atoms with E-state index in [0.29, 0.717) is 19.0 Å². The SMILES string of the molecule is CN(C)c1cc(C(F)(F)F)nc(N2CCC(c3nc4ccccc4s3)CC2)n1. The molecule has 0 aliphatic carbocycles. The molecule has 0 atom stereocenters. The van der Waals surface area contributed by atoms with Crippen LogP contribution < -0.4 is 9.80 Å². The van der Waals surface area contributed by atoms with E-state index in [2.05, 4.69) is 16.0 Å². The maximum Gasteiger partial charge on any atom is 0.433 e. The van der Waals surface area contributed by atoms with Gasteiger partial charge in [0.1, 0.15) is 5.82 Å². The number of anilines is 2. The van der Waals surface area contributed by atoms with Crippen LogP contribution in [0.25, 0.3) is 10.2 Å². The molecule has 0 spiro atoms. The van der Waals surface area contributed by atoms with Crippen molar-refractivity contribution in [3.63, 3.8) is 0 Å². The summed E-state index contributed by atoms with van der Waals surface area (Å²) in [6.45, 7) is 1.21. The van der Waals surface area contributed by atoms with Crippen molar-refractivity contribution in [2.75, 3.05) is 37.0 Å². The van der Waals surface area contributed by atoms with Gasteiger partial charge in [0.2, 0.25) is 5.95 Å². The molecule has 1 aliphatic rings.